The van der Waals surface area contributed by atoms with E-state index >= 15 is 0 Å². The van der Waals surface area contributed by atoms with Crippen molar-refractivity contribution in [1.82, 2.24) is 5.43 Å². The third-order valence-electron chi connectivity index (χ3n) is 4.09. The molecule has 3 atom stereocenters. The van der Waals surface area contributed by atoms with Gasteiger partial charge >= 0.3 is 0 Å². The monoisotopic (exact) mass is 302 g/mol. The van der Waals surface area contributed by atoms with Crippen molar-refractivity contribution >= 4 is 21.2 Å². The van der Waals surface area contributed by atoms with Gasteiger partial charge in [-0.05, 0) is 54.0 Å². The molecule has 108 valence electrons. The quantitative estimate of drug-likeness (QED) is 0.642. The first kappa shape index (κ1) is 15.0. The maximum Gasteiger partial charge on any atom is 0.150 e. The highest BCUT2D eigenvalue weighted by Gasteiger charge is 2.32. The van der Waals surface area contributed by atoms with Crippen LogP contribution in [-0.2, 0) is 16.3 Å². The lowest BCUT2D eigenvalue weighted by Crippen LogP contribution is -2.45. The zero-order valence-electron chi connectivity index (χ0n) is 11.2. The van der Waals surface area contributed by atoms with E-state index in [9.17, 15) is 8.42 Å². The van der Waals surface area contributed by atoms with E-state index in [2.05, 4.69) is 22.3 Å². The molecule has 0 bridgehead atoms. The van der Waals surface area contributed by atoms with Crippen molar-refractivity contribution in [3.63, 3.8) is 0 Å². The lowest BCUT2D eigenvalue weighted by atomic mass is 9.82. The van der Waals surface area contributed by atoms with E-state index in [0.29, 0.717) is 5.92 Å². The molecule has 1 aromatic heterocycles. The number of nitrogens with one attached hydrogen (secondary N) is 1. The van der Waals surface area contributed by atoms with Crippen LogP contribution in [0.2, 0.25) is 0 Å². The molecule has 1 fully saturated rings. The van der Waals surface area contributed by atoms with Gasteiger partial charge in [-0.2, -0.15) is 11.3 Å². The first-order valence-corrected chi connectivity index (χ1v) is 9.56. The number of nitrogens with two attached hydrogens (primary N) is 1. The van der Waals surface area contributed by atoms with Gasteiger partial charge in [0.2, 0.25) is 0 Å². The maximum absolute atomic E-state index is 11.7. The summed E-state index contributed by atoms with van der Waals surface area (Å²) in [5.41, 5.74) is 4.16. The first-order valence-electron chi connectivity index (χ1n) is 6.66. The van der Waals surface area contributed by atoms with Crippen LogP contribution >= 0.6 is 11.3 Å². The smallest absolute Gasteiger partial charge is 0.150 e. The second-order valence-electron chi connectivity index (χ2n) is 5.49. The molecule has 1 heterocycles. The first-order chi connectivity index (χ1) is 9.00. The fraction of sp³-hybridized carbons (Fsp3) is 0.692. The molecule has 6 heteroatoms. The number of rotatable bonds is 5. The molecule has 1 saturated carbocycles. The Balaban J connectivity index is 2.02. The third-order valence-corrected chi connectivity index (χ3v) is 6.46. The zero-order valence-corrected chi connectivity index (χ0v) is 12.8. The number of hydrazine groups is 1. The Labute approximate surface area is 119 Å². The predicted octanol–water partition coefficient (Wildman–Crippen LogP) is 1.73. The molecule has 3 unspecified atom stereocenters. The Morgan fingerprint density at radius 1 is 1.53 bits per heavy atom. The van der Waals surface area contributed by atoms with E-state index < -0.39 is 9.84 Å². The predicted molar refractivity (Wildman–Crippen MR) is 79.7 cm³/mol. The van der Waals surface area contributed by atoms with Gasteiger partial charge in [-0.1, -0.05) is 6.42 Å². The molecule has 0 aliphatic heterocycles. The van der Waals surface area contributed by atoms with Crippen molar-refractivity contribution in [3.8, 4) is 0 Å². The Bertz CT molecular complexity index is 485. The Hall–Kier alpha value is -0.430. The second-order valence-corrected chi connectivity index (χ2v) is 8.59. The normalized spacial score (nSPS) is 26.2. The summed E-state index contributed by atoms with van der Waals surface area (Å²) in [4.78, 5) is 0. The second kappa shape index (κ2) is 6.35. The summed E-state index contributed by atoms with van der Waals surface area (Å²) >= 11 is 1.68. The van der Waals surface area contributed by atoms with Crippen molar-refractivity contribution in [2.45, 2.75) is 43.4 Å². The van der Waals surface area contributed by atoms with Crippen LogP contribution in [0, 0.1) is 5.92 Å². The minimum Gasteiger partial charge on any atom is -0.271 e. The molecular formula is C13H22N2O2S2. The van der Waals surface area contributed by atoms with E-state index in [1.807, 2.05) is 0 Å². The van der Waals surface area contributed by atoms with Crippen molar-refractivity contribution in [2.75, 3.05) is 6.26 Å². The topological polar surface area (TPSA) is 72.2 Å². The Morgan fingerprint density at radius 3 is 2.89 bits per heavy atom. The van der Waals surface area contributed by atoms with Crippen LogP contribution in [-0.4, -0.2) is 26.0 Å². The summed E-state index contributed by atoms with van der Waals surface area (Å²) in [5.74, 6) is 6.02. The summed E-state index contributed by atoms with van der Waals surface area (Å²) in [5, 5.41) is 3.99. The molecule has 0 aromatic carbocycles. The van der Waals surface area contributed by atoms with Gasteiger partial charge < -0.3 is 0 Å². The Morgan fingerprint density at radius 2 is 2.32 bits per heavy atom. The van der Waals surface area contributed by atoms with Gasteiger partial charge in [-0.3, -0.25) is 11.3 Å². The molecule has 0 spiro atoms. The largest absolute Gasteiger partial charge is 0.271 e. The molecular weight excluding hydrogens is 280 g/mol. The summed E-state index contributed by atoms with van der Waals surface area (Å²) < 4.78 is 23.4. The minimum absolute atomic E-state index is 0.166. The van der Waals surface area contributed by atoms with Crippen molar-refractivity contribution in [2.24, 2.45) is 11.8 Å². The van der Waals surface area contributed by atoms with Crippen LogP contribution in [0.5, 0.6) is 0 Å². The average molecular weight is 302 g/mol. The Kier molecular flexibility index (Phi) is 5.00. The third kappa shape index (κ3) is 4.02. The number of hydrogen-bond donors (Lipinski definition) is 2. The number of thiophene rings is 1. The van der Waals surface area contributed by atoms with E-state index in [-0.39, 0.29) is 11.3 Å². The van der Waals surface area contributed by atoms with Crippen LogP contribution in [0.15, 0.2) is 16.8 Å². The minimum atomic E-state index is -2.93. The van der Waals surface area contributed by atoms with Crippen molar-refractivity contribution in [1.29, 1.82) is 0 Å². The molecule has 1 aromatic rings. The standard InChI is InChI=1S/C13H22N2O2S2/c1-19(16,17)12-4-2-3-11(8-12)13(15-14)7-10-5-6-18-9-10/h5-6,9,11-13,15H,2-4,7-8,14H2,1H3. The van der Waals surface area contributed by atoms with Gasteiger partial charge in [0.25, 0.3) is 0 Å². The van der Waals surface area contributed by atoms with Gasteiger partial charge in [0.15, 0.2) is 0 Å². The summed E-state index contributed by atoms with van der Waals surface area (Å²) in [7, 11) is -2.93. The van der Waals surface area contributed by atoms with Crippen LogP contribution in [0.1, 0.15) is 31.2 Å². The van der Waals surface area contributed by atoms with E-state index in [4.69, 9.17) is 5.84 Å². The van der Waals surface area contributed by atoms with Crippen LogP contribution in [0.25, 0.3) is 0 Å². The van der Waals surface area contributed by atoms with Crippen LogP contribution in [0.3, 0.4) is 0 Å². The highest BCUT2D eigenvalue weighted by molar-refractivity contribution is 7.91. The molecule has 19 heavy (non-hydrogen) atoms. The molecule has 1 aliphatic rings. The lowest BCUT2D eigenvalue weighted by molar-refractivity contribution is 0.270. The average Bonchev–Trinajstić information content (AvgIpc) is 2.88. The molecule has 0 saturated heterocycles. The van der Waals surface area contributed by atoms with Gasteiger partial charge in [0.05, 0.1) is 5.25 Å². The van der Waals surface area contributed by atoms with Crippen LogP contribution in [0.4, 0.5) is 0 Å². The number of hydrogen-bond acceptors (Lipinski definition) is 5. The van der Waals surface area contributed by atoms with E-state index in [1.54, 1.807) is 11.3 Å². The fourth-order valence-electron chi connectivity index (χ4n) is 2.96. The van der Waals surface area contributed by atoms with Gasteiger partial charge in [0, 0.05) is 12.3 Å². The molecule has 0 radical (unpaired) electrons. The van der Waals surface area contributed by atoms with Crippen molar-refractivity contribution < 1.29 is 8.42 Å². The summed E-state index contributed by atoms with van der Waals surface area (Å²) in [6.07, 6.45) is 5.79. The number of sulfone groups is 1. The maximum atomic E-state index is 11.7. The molecule has 4 nitrogen and oxygen atoms in total. The highest BCUT2D eigenvalue weighted by Crippen LogP contribution is 2.31. The lowest BCUT2D eigenvalue weighted by Gasteiger charge is -2.33. The summed E-state index contributed by atoms with van der Waals surface area (Å²) in [6.45, 7) is 0. The zero-order chi connectivity index (χ0) is 13.9. The highest BCUT2D eigenvalue weighted by atomic mass is 32.2. The van der Waals surface area contributed by atoms with Gasteiger partial charge in [-0.25, -0.2) is 8.42 Å². The van der Waals surface area contributed by atoms with Gasteiger partial charge in [0.1, 0.15) is 9.84 Å². The molecule has 0 amide bonds. The van der Waals surface area contributed by atoms with E-state index in [0.717, 1.165) is 32.1 Å². The van der Waals surface area contributed by atoms with Gasteiger partial charge in [-0.15, -0.1) is 0 Å². The van der Waals surface area contributed by atoms with Crippen molar-refractivity contribution in [3.05, 3.63) is 22.4 Å². The fourth-order valence-corrected chi connectivity index (χ4v) is 4.83. The molecule has 2 rings (SSSR count). The van der Waals surface area contributed by atoms with E-state index in [1.165, 1.54) is 11.8 Å². The van der Waals surface area contributed by atoms with Crippen LogP contribution < -0.4 is 11.3 Å². The SMILES string of the molecule is CS(=O)(=O)C1CCCC(C(Cc2ccsc2)NN)C1. The molecule has 1 aliphatic carbocycles. The summed E-state index contributed by atoms with van der Waals surface area (Å²) in [6, 6.07) is 2.27. The molecule has 3 N–H and O–H groups in total.